The van der Waals surface area contributed by atoms with Crippen molar-refractivity contribution in [2.75, 3.05) is 7.11 Å². The molecule has 1 heterocycles. The fraction of sp³-hybridized carbons (Fsp3) is 0.0769. The van der Waals surface area contributed by atoms with Gasteiger partial charge in [0.1, 0.15) is 5.82 Å². The van der Waals surface area contributed by atoms with E-state index in [1.165, 1.54) is 31.4 Å². The number of carbonyl (C=O) groups excluding carboxylic acids is 2. The van der Waals surface area contributed by atoms with Crippen LogP contribution in [-0.4, -0.2) is 18.9 Å². The molecule has 4 nitrogen and oxygen atoms in total. The third kappa shape index (κ3) is 2.51. The number of methoxy groups -OCH3 is 1. The topological polar surface area (TPSA) is 56.5 Å². The normalized spacial score (nSPS) is 10.3. The van der Waals surface area contributed by atoms with Crippen LogP contribution in [0.4, 0.5) is 4.39 Å². The highest BCUT2D eigenvalue weighted by Crippen LogP contribution is 2.23. The van der Waals surface area contributed by atoms with Crippen LogP contribution in [0.15, 0.2) is 34.7 Å². The molecule has 19 heavy (non-hydrogen) atoms. The summed E-state index contributed by atoms with van der Waals surface area (Å²) >= 11 is 5.78. The van der Waals surface area contributed by atoms with Gasteiger partial charge in [0, 0.05) is 0 Å². The van der Waals surface area contributed by atoms with E-state index in [0.717, 1.165) is 6.07 Å². The van der Waals surface area contributed by atoms with Crippen molar-refractivity contribution in [2.45, 2.75) is 0 Å². The molecule has 6 heteroatoms. The van der Waals surface area contributed by atoms with Gasteiger partial charge in [0.25, 0.3) is 0 Å². The molecule has 0 radical (unpaired) electrons. The molecule has 2 aromatic rings. The van der Waals surface area contributed by atoms with E-state index in [2.05, 4.69) is 4.74 Å². The molecule has 1 aromatic carbocycles. The Bertz CT molecular complexity index is 628. The van der Waals surface area contributed by atoms with Crippen molar-refractivity contribution in [2.24, 2.45) is 0 Å². The smallest absolute Gasteiger partial charge is 0.373 e. The fourth-order valence-corrected chi connectivity index (χ4v) is 1.76. The Morgan fingerprint density at radius 2 is 1.89 bits per heavy atom. The highest BCUT2D eigenvalue weighted by molar-refractivity contribution is 6.34. The number of ketones is 1. The minimum atomic E-state index is -0.756. The second kappa shape index (κ2) is 5.24. The van der Waals surface area contributed by atoms with Gasteiger partial charge in [0.2, 0.25) is 11.5 Å². The zero-order valence-corrected chi connectivity index (χ0v) is 10.5. The summed E-state index contributed by atoms with van der Waals surface area (Å²) in [4.78, 5) is 23.2. The van der Waals surface area contributed by atoms with Gasteiger partial charge < -0.3 is 9.15 Å². The summed E-state index contributed by atoms with van der Waals surface area (Å²) in [5, 5.41) is -0.0268. The molecule has 0 atom stereocenters. The lowest BCUT2D eigenvalue weighted by Gasteiger charge is -2.02. The van der Waals surface area contributed by atoms with Crippen LogP contribution in [0.2, 0.25) is 5.02 Å². The average molecular weight is 283 g/mol. The van der Waals surface area contributed by atoms with E-state index in [-0.39, 0.29) is 22.1 Å². The Hall–Kier alpha value is -2.14. The van der Waals surface area contributed by atoms with E-state index < -0.39 is 17.6 Å². The second-order valence-corrected chi connectivity index (χ2v) is 3.99. The van der Waals surface area contributed by atoms with E-state index in [0.29, 0.717) is 0 Å². The van der Waals surface area contributed by atoms with Crippen molar-refractivity contribution < 1.29 is 23.1 Å². The first-order valence-corrected chi connectivity index (χ1v) is 5.59. The fourth-order valence-electron chi connectivity index (χ4n) is 1.51. The molecule has 1 aromatic heterocycles. The first kappa shape index (κ1) is 13.3. The highest BCUT2D eigenvalue weighted by atomic mass is 35.5. The van der Waals surface area contributed by atoms with Crippen LogP contribution in [0.5, 0.6) is 0 Å². The summed E-state index contributed by atoms with van der Waals surface area (Å²) in [7, 11) is 1.18. The Kier molecular flexibility index (Phi) is 3.66. The lowest BCUT2D eigenvalue weighted by molar-refractivity contribution is 0.0563. The number of halogens is 2. The molecular weight excluding hydrogens is 275 g/mol. The molecule has 0 aliphatic rings. The zero-order chi connectivity index (χ0) is 14.0. The van der Waals surface area contributed by atoms with Crippen LogP contribution in [0.3, 0.4) is 0 Å². The van der Waals surface area contributed by atoms with Gasteiger partial charge in [-0.15, -0.1) is 0 Å². The second-order valence-electron chi connectivity index (χ2n) is 3.58. The third-order valence-corrected chi connectivity index (χ3v) is 2.72. The number of rotatable bonds is 3. The minimum absolute atomic E-state index is 0.0268. The molecule has 0 spiro atoms. The average Bonchev–Trinajstić information content (AvgIpc) is 2.87. The maximum atomic E-state index is 13.6. The van der Waals surface area contributed by atoms with Gasteiger partial charge in [-0.25, -0.2) is 9.18 Å². The molecule has 0 aliphatic heterocycles. The number of ether oxygens (including phenoxy) is 1. The molecule has 2 rings (SSSR count). The number of esters is 1. The quantitative estimate of drug-likeness (QED) is 0.641. The predicted octanol–water partition coefficient (Wildman–Crippen LogP) is 3.09. The molecule has 0 unspecified atom stereocenters. The van der Waals surface area contributed by atoms with Crippen molar-refractivity contribution >= 4 is 23.4 Å². The summed E-state index contributed by atoms with van der Waals surface area (Å²) in [6.45, 7) is 0. The van der Waals surface area contributed by atoms with Gasteiger partial charge in [0.05, 0.1) is 17.7 Å². The van der Waals surface area contributed by atoms with Gasteiger partial charge in [-0.3, -0.25) is 4.79 Å². The Balaban J connectivity index is 2.40. The van der Waals surface area contributed by atoms with E-state index in [1.54, 1.807) is 0 Å². The van der Waals surface area contributed by atoms with Crippen LogP contribution in [0.25, 0.3) is 0 Å². The van der Waals surface area contributed by atoms with Crippen molar-refractivity contribution in [3.05, 3.63) is 58.3 Å². The summed E-state index contributed by atoms with van der Waals surface area (Å²) in [6.07, 6.45) is 0. The first-order chi connectivity index (χ1) is 9.04. The highest BCUT2D eigenvalue weighted by Gasteiger charge is 2.22. The van der Waals surface area contributed by atoms with Gasteiger partial charge in [0.15, 0.2) is 5.76 Å². The summed E-state index contributed by atoms with van der Waals surface area (Å²) in [6, 6.07) is 6.42. The summed E-state index contributed by atoms with van der Waals surface area (Å²) in [5.74, 6) is -2.55. The minimum Gasteiger partial charge on any atom is -0.463 e. The molecule has 98 valence electrons. The SMILES string of the molecule is COC(=O)c1ccc(C(=O)c2c(F)cccc2Cl)o1. The van der Waals surface area contributed by atoms with Gasteiger partial charge in [-0.2, -0.15) is 0 Å². The van der Waals surface area contributed by atoms with E-state index in [1.807, 2.05) is 0 Å². The Labute approximate surface area is 112 Å². The largest absolute Gasteiger partial charge is 0.463 e. The molecule has 0 aliphatic carbocycles. The number of carbonyl (C=O) groups is 2. The van der Waals surface area contributed by atoms with Crippen LogP contribution in [-0.2, 0) is 4.74 Å². The van der Waals surface area contributed by atoms with Crippen LogP contribution in [0.1, 0.15) is 26.7 Å². The Morgan fingerprint density at radius 3 is 2.53 bits per heavy atom. The van der Waals surface area contributed by atoms with Crippen LogP contribution in [0, 0.1) is 5.82 Å². The molecule has 0 saturated carbocycles. The Morgan fingerprint density at radius 1 is 1.21 bits per heavy atom. The van der Waals surface area contributed by atoms with Crippen molar-refractivity contribution in [3.8, 4) is 0 Å². The van der Waals surface area contributed by atoms with E-state index in [4.69, 9.17) is 16.0 Å². The predicted molar refractivity (Wildman–Crippen MR) is 64.9 cm³/mol. The third-order valence-electron chi connectivity index (χ3n) is 2.41. The molecule has 0 N–H and O–H groups in total. The zero-order valence-electron chi connectivity index (χ0n) is 9.78. The van der Waals surface area contributed by atoms with E-state index in [9.17, 15) is 14.0 Å². The monoisotopic (exact) mass is 282 g/mol. The standard InChI is InChI=1S/C13H8ClFO4/c1-18-13(17)10-6-5-9(19-10)12(16)11-7(14)3-2-4-8(11)15/h2-6H,1H3. The molecule has 0 fully saturated rings. The lowest BCUT2D eigenvalue weighted by Crippen LogP contribution is -2.04. The number of furan rings is 1. The molecule has 0 saturated heterocycles. The maximum Gasteiger partial charge on any atom is 0.373 e. The molecule has 0 bridgehead atoms. The van der Waals surface area contributed by atoms with Gasteiger partial charge in [-0.1, -0.05) is 17.7 Å². The van der Waals surface area contributed by atoms with Crippen molar-refractivity contribution in [3.63, 3.8) is 0 Å². The van der Waals surface area contributed by atoms with Gasteiger partial charge in [-0.05, 0) is 24.3 Å². The number of benzene rings is 1. The van der Waals surface area contributed by atoms with Crippen molar-refractivity contribution in [1.29, 1.82) is 0 Å². The van der Waals surface area contributed by atoms with Crippen molar-refractivity contribution in [1.82, 2.24) is 0 Å². The maximum absolute atomic E-state index is 13.6. The van der Waals surface area contributed by atoms with Crippen LogP contribution < -0.4 is 0 Å². The van der Waals surface area contributed by atoms with Gasteiger partial charge >= 0.3 is 5.97 Å². The number of hydrogen-bond donors (Lipinski definition) is 0. The molecule has 0 amide bonds. The van der Waals surface area contributed by atoms with Crippen LogP contribution >= 0.6 is 11.6 Å². The van der Waals surface area contributed by atoms with E-state index >= 15 is 0 Å². The summed E-state index contributed by atoms with van der Waals surface area (Å²) < 4.78 is 23.0. The lowest BCUT2D eigenvalue weighted by atomic mass is 10.1. The number of hydrogen-bond acceptors (Lipinski definition) is 4. The first-order valence-electron chi connectivity index (χ1n) is 5.21. The summed E-state index contributed by atoms with van der Waals surface area (Å²) in [5.41, 5.74) is -0.296. The molecular formula is C13H8ClFO4.